The summed E-state index contributed by atoms with van der Waals surface area (Å²) in [5, 5.41) is 11.0. The van der Waals surface area contributed by atoms with Crippen molar-refractivity contribution in [1.82, 2.24) is 0 Å². The third-order valence-corrected chi connectivity index (χ3v) is 4.47. The Bertz CT molecular complexity index is 632. The molecule has 0 amide bonds. The molecule has 0 saturated heterocycles. The highest BCUT2D eigenvalue weighted by Crippen LogP contribution is 2.39. The Balaban J connectivity index is 2.33. The summed E-state index contributed by atoms with van der Waals surface area (Å²) in [4.78, 5) is 23.2. The number of nitrogens with two attached hydrogens (primary N) is 1. The van der Waals surface area contributed by atoms with Gasteiger partial charge in [0, 0.05) is 10.9 Å². The lowest BCUT2D eigenvalue weighted by molar-refractivity contribution is -0.380. The fourth-order valence-electron chi connectivity index (χ4n) is 1.45. The van der Waals surface area contributed by atoms with Crippen molar-refractivity contribution >= 4 is 38.6 Å². The van der Waals surface area contributed by atoms with E-state index in [9.17, 15) is 14.9 Å². The molecule has 0 bridgehead atoms. The van der Waals surface area contributed by atoms with E-state index in [0.717, 1.165) is 16.2 Å². The predicted molar refractivity (Wildman–Crippen MR) is 74.7 cm³/mol. The molecule has 0 aliphatic heterocycles. The minimum Gasteiger partial charge on any atom is -0.462 e. The molecule has 2 heterocycles. The van der Waals surface area contributed by atoms with Crippen molar-refractivity contribution in [2.75, 3.05) is 12.3 Å². The summed E-state index contributed by atoms with van der Waals surface area (Å²) in [6, 6.07) is 4.68. The first-order valence-electron chi connectivity index (χ1n) is 5.34. The van der Waals surface area contributed by atoms with Crippen LogP contribution in [0.25, 0.3) is 9.75 Å². The van der Waals surface area contributed by atoms with Gasteiger partial charge >= 0.3 is 11.0 Å². The highest BCUT2D eigenvalue weighted by atomic mass is 32.1. The van der Waals surface area contributed by atoms with Gasteiger partial charge in [-0.25, -0.2) is 4.79 Å². The van der Waals surface area contributed by atoms with Crippen molar-refractivity contribution < 1.29 is 14.5 Å². The molecule has 8 heteroatoms. The van der Waals surface area contributed by atoms with E-state index in [1.807, 2.05) is 0 Å². The fraction of sp³-hybridized carbons (Fsp3) is 0.182. The summed E-state index contributed by atoms with van der Waals surface area (Å²) in [6.07, 6.45) is 0. The van der Waals surface area contributed by atoms with E-state index >= 15 is 0 Å². The van der Waals surface area contributed by atoms with Gasteiger partial charge in [-0.2, -0.15) is 0 Å². The highest BCUT2D eigenvalue weighted by molar-refractivity contribution is 7.25. The summed E-state index contributed by atoms with van der Waals surface area (Å²) >= 11 is 2.26. The Morgan fingerprint density at radius 3 is 2.74 bits per heavy atom. The number of esters is 1. The Kier molecular flexibility index (Phi) is 3.82. The molecule has 0 aliphatic rings. The second-order valence-corrected chi connectivity index (χ2v) is 5.65. The molecule has 0 fully saturated rings. The standard InChI is InChI=1S/C11H10N2O4S2/c1-2-17-11(14)6-5-8(19-10(6)12)7-3-4-9(18-7)13(15)16/h3-5H,2,12H2,1H3. The Hall–Kier alpha value is -1.93. The van der Waals surface area contributed by atoms with E-state index in [2.05, 4.69) is 0 Å². The van der Waals surface area contributed by atoms with Crippen LogP contribution in [0.1, 0.15) is 17.3 Å². The molecule has 0 saturated carbocycles. The molecule has 100 valence electrons. The van der Waals surface area contributed by atoms with Crippen molar-refractivity contribution in [2.45, 2.75) is 6.92 Å². The molecular formula is C11H10N2O4S2. The lowest BCUT2D eigenvalue weighted by Crippen LogP contribution is -2.05. The van der Waals surface area contributed by atoms with Gasteiger partial charge in [-0.05, 0) is 19.1 Å². The Morgan fingerprint density at radius 2 is 2.16 bits per heavy atom. The monoisotopic (exact) mass is 298 g/mol. The van der Waals surface area contributed by atoms with Gasteiger partial charge in [0.05, 0.1) is 22.0 Å². The lowest BCUT2D eigenvalue weighted by Gasteiger charge is -1.98. The normalized spacial score (nSPS) is 10.4. The first-order chi connectivity index (χ1) is 9.02. The number of carbonyl (C=O) groups excluding carboxylic acids is 1. The molecule has 2 aromatic rings. The zero-order chi connectivity index (χ0) is 14.0. The minimum absolute atomic E-state index is 0.0552. The van der Waals surface area contributed by atoms with E-state index in [1.54, 1.807) is 19.1 Å². The molecule has 2 aromatic heterocycles. The van der Waals surface area contributed by atoms with Crippen molar-refractivity contribution in [3.8, 4) is 9.75 Å². The number of nitro groups is 1. The average Bonchev–Trinajstić information content (AvgIpc) is 2.95. The zero-order valence-electron chi connectivity index (χ0n) is 9.91. The van der Waals surface area contributed by atoms with Crippen molar-refractivity contribution in [3.63, 3.8) is 0 Å². The van der Waals surface area contributed by atoms with Crippen molar-refractivity contribution in [3.05, 3.63) is 33.9 Å². The van der Waals surface area contributed by atoms with Crippen LogP contribution in [0.4, 0.5) is 10.0 Å². The predicted octanol–water partition coefficient (Wildman–Crippen LogP) is 3.14. The number of anilines is 1. The van der Waals surface area contributed by atoms with Crippen LogP contribution in [0, 0.1) is 10.1 Å². The van der Waals surface area contributed by atoms with Gasteiger partial charge in [0.2, 0.25) is 0 Å². The number of nitrogens with zero attached hydrogens (tertiary/aromatic N) is 1. The minimum atomic E-state index is -0.478. The number of hydrogen-bond acceptors (Lipinski definition) is 7. The third-order valence-electron chi connectivity index (χ3n) is 2.27. The SMILES string of the molecule is CCOC(=O)c1cc(-c2ccc([N+](=O)[O-])s2)sc1N. The van der Waals surface area contributed by atoms with E-state index in [-0.39, 0.29) is 11.6 Å². The second kappa shape index (κ2) is 5.37. The average molecular weight is 298 g/mol. The van der Waals surface area contributed by atoms with Crippen LogP contribution in [0.15, 0.2) is 18.2 Å². The van der Waals surface area contributed by atoms with Crippen LogP contribution in [-0.4, -0.2) is 17.5 Å². The number of thiophene rings is 2. The quantitative estimate of drug-likeness (QED) is 0.531. The molecule has 0 radical (unpaired) electrons. The topological polar surface area (TPSA) is 95.5 Å². The van der Waals surface area contributed by atoms with Gasteiger partial charge in [0.25, 0.3) is 0 Å². The van der Waals surface area contributed by atoms with Crippen molar-refractivity contribution in [1.29, 1.82) is 0 Å². The van der Waals surface area contributed by atoms with Crippen molar-refractivity contribution in [2.24, 2.45) is 0 Å². The fourth-order valence-corrected chi connectivity index (χ4v) is 3.27. The molecule has 2 rings (SSSR count). The van der Waals surface area contributed by atoms with E-state index in [4.69, 9.17) is 10.5 Å². The second-order valence-electron chi connectivity index (χ2n) is 3.50. The summed E-state index contributed by atoms with van der Waals surface area (Å²) in [5.74, 6) is -0.478. The van der Waals surface area contributed by atoms with Gasteiger partial charge in [-0.15, -0.1) is 11.3 Å². The molecular weight excluding hydrogens is 288 g/mol. The van der Waals surface area contributed by atoms with Gasteiger partial charge < -0.3 is 10.5 Å². The summed E-state index contributed by atoms with van der Waals surface area (Å²) in [6.45, 7) is 1.98. The molecule has 0 aromatic carbocycles. The van der Waals surface area contributed by atoms with Crippen LogP contribution >= 0.6 is 22.7 Å². The maximum Gasteiger partial charge on any atom is 0.341 e. The van der Waals surface area contributed by atoms with Crippen LogP contribution in [0.2, 0.25) is 0 Å². The van der Waals surface area contributed by atoms with Crippen LogP contribution in [0.3, 0.4) is 0 Å². The number of rotatable bonds is 4. The molecule has 0 spiro atoms. The first kappa shape index (κ1) is 13.5. The molecule has 0 atom stereocenters. The lowest BCUT2D eigenvalue weighted by atomic mass is 10.3. The summed E-state index contributed by atoms with van der Waals surface area (Å²) in [7, 11) is 0. The first-order valence-corrected chi connectivity index (χ1v) is 6.97. The van der Waals surface area contributed by atoms with E-state index < -0.39 is 10.9 Å². The van der Waals surface area contributed by atoms with Gasteiger partial charge in [-0.3, -0.25) is 10.1 Å². The largest absolute Gasteiger partial charge is 0.462 e. The maximum atomic E-state index is 11.6. The summed E-state index contributed by atoms with van der Waals surface area (Å²) in [5.41, 5.74) is 6.07. The van der Waals surface area contributed by atoms with Gasteiger partial charge in [-0.1, -0.05) is 11.3 Å². The van der Waals surface area contributed by atoms with Crippen LogP contribution < -0.4 is 5.73 Å². The molecule has 2 N–H and O–H groups in total. The summed E-state index contributed by atoms with van der Waals surface area (Å²) < 4.78 is 4.88. The zero-order valence-corrected chi connectivity index (χ0v) is 11.5. The number of ether oxygens (including phenoxy) is 1. The Morgan fingerprint density at radius 1 is 1.42 bits per heavy atom. The molecule has 6 nitrogen and oxygen atoms in total. The van der Waals surface area contributed by atoms with Crippen LogP contribution in [0.5, 0.6) is 0 Å². The van der Waals surface area contributed by atoms with Gasteiger partial charge in [0.15, 0.2) is 0 Å². The third kappa shape index (κ3) is 2.74. The van der Waals surface area contributed by atoms with E-state index in [1.165, 1.54) is 17.4 Å². The number of nitrogen functional groups attached to an aromatic ring is 1. The molecule has 0 aliphatic carbocycles. The number of hydrogen-bond donors (Lipinski definition) is 1. The Labute approximate surface area is 116 Å². The smallest absolute Gasteiger partial charge is 0.341 e. The highest BCUT2D eigenvalue weighted by Gasteiger charge is 2.18. The maximum absolute atomic E-state index is 11.6. The van der Waals surface area contributed by atoms with E-state index in [0.29, 0.717) is 15.4 Å². The van der Waals surface area contributed by atoms with Crippen LogP contribution in [-0.2, 0) is 4.74 Å². The molecule has 0 unspecified atom stereocenters. The number of carbonyl (C=O) groups is 1. The molecule has 19 heavy (non-hydrogen) atoms. The van der Waals surface area contributed by atoms with Gasteiger partial charge in [0.1, 0.15) is 5.00 Å².